The SMILES string of the molecule is c1ccc(-c2cc(-c3ccccc3)cc(N(c3ccc(-c4cccc5ccccc45)cc3)c3cccc(-c4c5ccccc5cc5c4c4ccccc4n5-c4ccccc4)c3)c2)cc1. The Labute approximate surface area is 373 Å². The normalized spacial score (nSPS) is 11.4. The van der Waals surface area contributed by atoms with Gasteiger partial charge in [-0.2, -0.15) is 0 Å². The van der Waals surface area contributed by atoms with Gasteiger partial charge in [-0.1, -0.05) is 188 Å². The van der Waals surface area contributed by atoms with E-state index in [9.17, 15) is 0 Å². The van der Waals surface area contributed by atoms with Crippen LogP contribution in [0.25, 0.3) is 93.5 Å². The lowest BCUT2D eigenvalue weighted by molar-refractivity contribution is 1.18. The maximum atomic E-state index is 2.44. The van der Waals surface area contributed by atoms with Gasteiger partial charge < -0.3 is 9.47 Å². The van der Waals surface area contributed by atoms with Crippen LogP contribution in [0.2, 0.25) is 0 Å². The topological polar surface area (TPSA) is 8.17 Å². The summed E-state index contributed by atoms with van der Waals surface area (Å²) in [5.74, 6) is 0. The fraction of sp³-hybridized carbons (Fsp3) is 0. The van der Waals surface area contributed by atoms with Crippen molar-refractivity contribution >= 4 is 60.4 Å². The maximum Gasteiger partial charge on any atom is 0.0553 e. The van der Waals surface area contributed by atoms with Gasteiger partial charge in [-0.25, -0.2) is 0 Å². The third-order valence-electron chi connectivity index (χ3n) is 12.7. The summed E-state index contributed by atoms with van der Waals surface area (Å²) in [6, 6.07) is 92.8. The molecule has 0 saturated carbocycles. The van der Waals surface area contributed by atoms with Crippen molar-refractivity contribution in [3.8, 4) is 50.2 Å². The first-order valence-corrected chi connectivity index (χ1v) is 22.0. The third kappa shape index (κ3) is 6.52. The number of rotatable bonds is 8. The molecule has 12 aromatic rings. The highest BCUT2D eigenvalue weighted by Crippen LogP contribution is 2.46. The zero-order valence-corrected chi connectivity index (χ0v) is 35.1. The predicted octanol–water partition coefficient (Wildman–Crippen LogP) is 17.2. The van der Waals surface area contributed by atoms with Gasteiger partial charge in [0.05, 0.1) is 11.0 Å². The summed E-state index contributed by atoms with van der Waals surface area (Å²) >= 11 is 0. The van der Waals surface area contributed by atoms with Crippen LogP contribution in [0.1, 0.15) is 0 Å². The van der Waals surface area contributed by atoms with Gasteiger partial charge in [-0.15, -0.1) is 0 Å². The summed E-state index contributed by atoms with van der Waals surface area (Å²) in [5.41, 5.74) is 16.2. The lowest BCUT2D eigenvalue weighted by Gasteiger charge is -2.28. The first-order valence-electron chi connectivity index (χ1n) is 22.0. The Morgan fingerprint density at radius 1 is 0.281 bits per heavy atom. The molecule has 12 rings (SSSR count). The van der Waals surface area contributed by atoms with Crippen molar-refractivity contribution in [2.24, 2.45) is 0 Å². The van der Waals surface area contributed by atoms with Crippen LogP contribution in [0.15, 0.2) is 255 Å². The fourth-order valence-electron chi connectivity index (χ4n) is 9.80. The molecule has 0 aliphatic rings. The number of para-hydroxylation sites is 2. The minimum Gasteiger partial charge on any atom is -0.310 e. The van der Waals surface area contributed by atoms with Crippen LogP contribution in [-0.2, 0) is 0 Å². The Morgan fingerprint density at radius 2 is 0.828 bits per heavy atom. The van der Waals surface area contributed by atoms with Crippen LogP contribution < -0.4 is 4.90 Å². The molecule has 2 nitrogen and oxygen atoms in total. The molecule has 64 heavy (non-hydrogen) atoms. The molecule has 2 heteroatoms. The van der Waals surface area contributed by atoms with E-state index in [-0.39, 0.29) is 0 Å². The molecule has 0 fully saturated rings. The zero-order valence-electron chi connectivity index (χ0n) is 35.1. The van der Waals surface area contributed by atoms with E-state index in [2.05, 4.69) is 264 Å². The van der Waals surface area contributed by atoms with Crippen LogP contribution in [0.3, 0.4) is 0 Å². The molecule has 0 saturated heterocycles. The van der Waals surface area contributed by atoms with Crippen LogP contribution >= 0.6 is 0 Å². The second kappa shape index (κ2) is 15.8. The van der Waals surface area contributed by atoms with Crippen molar-refractivity contribution in [1.82, 2.24) is 4.57 Å². The van der Waals surface area contributed by atoms with E-state index in [0.29, 0.717) is 0 Å². The van der Waals surface area contributed by atoms with Crippen molar-refractivity contribution in [3.63, 3.8) is 0 Å². The second-order valence-corrected chi connectivity index (χ2v) is 16.5. The van der Waals surface area contributed by atoms with E-state index in [0.717, 1.165) is 39.4 Å². The van der Waals surface area contributed by atoms with E-state index >= 15 is 0 Å². The molecule has 0 N–H and O–H groups in total. The fourth-order valence-corrected chi connectivity index (χ4v) is 9.80. The Hall–Kier alpha value is -8.46. The number of nitrogens with zero attached hydrogens (tertiary/aromatic N) is 2. The first-order chi connectivity index (χ1) is 31.7. The molecule has 0 aliphatic carbocycles. The standard InChI is InChI=1S/C62H42N2/c1-4-18-43(19-5-1)49-38-50(44-20-6-2-7-21-44)41-54(40-49)63(52-36-34-46(35-37-52)56-32-17-24-45-22-10-12-29-55(45)56)53-28-16-25-48(39-53)61-57-30-13-11-23-47(57)42-60-62(61)58-31-14-15-33-59(58)64(60)51-26-8-3-9-27-51/h1-42H. The molecule has 0 atom stereocenters. The van der Waals surface area contributed by atoms with Crippen LogP contribution in [-0.4, -0.2) is 4.57 Å². The highest BCUT2D eigenvalue weighted by molar-refractivity contribution is 6.23. The van der Waals surface area contributed by atoms with E-state index in [4.69, 9.17) is 0 Å². The Balaban J connectivity index is 1.10. The number of hydrogen-bond donors (Lipinski definition) is 0. The molecule has 11 aromatic carbocycles. The van der Waals surface area contributed by atoms with E-state index < -0.39 is 0 Å². The van der Waals surface area contributed by atoms with Gasteiger partial charge >= 0.3 is 0 Å². The average molecular weight is 815 g/mol. The van der Waals surface area contributed by atoms with Gasteiger partial charge in [0.2, 0.25) is 0 Å². The van der Waals surface area contributed by atoms with E-state index in [1.807, 2.05) is 0 Å². The number of benzene rings is 11. The molecule has 0 radical (unpaired) electrons. The Morgan fingerprint density at radius 3 is 1.55 bits per heavy atom. The monoisotopic (exact) mass is 814 g/mol. The summed E-state index contributed by atoms with van der Waals surface area (Å²) in [6.07, 6.45) is 0. The van der Waals surface area contributed by atoms with Crippen molar-refractivity contribution in [1.29, 1.82) is 0 Å². The van der Waals surface area contributed by atoms with Crippen molar-refractivity contribution in [3.05, 3.63) is 255 Å². The Kier molecular flexibility index (Phi) is 9.20. The average Bonchev–Trinajstić information content (AvgIpc) is 3.70. The van der Waals surface area contributed by atoms with Crippen LogP contribution in [0, 0.1) is 0 Å². The van der Waals surface area contributed by atoms with Gasteiger partial charge in [-0.05, 0) is 133 Å². The lowest BCUT2D eigenvalue weighted by atomic mass is 9.92. The molecule has 0 amide bonds. The molecule has 1 heterocycles. The predicted molar refractivity (Wildman–Crippen MR) is 272 cm³/mol. The van der Waals surface area contributed by atoms with Gasteiger partial charge in [-0.3, -0.25) is 0 Å². The summed E-state index contributed by atoms with van der Waals surface area (Å²) in [4.78, 5) is 2.44. The minimum absolute atomic E-state index is 1.08. The smallest absolute Gasteiger partial charge is 0.0553 e. The minimum atomic E-state index is 1.08. The highest BCUT2D eigenvalue weighted by atomic mass is 15.1. The van der Waals surface area contributed by atoms with E-state index in [1.54, 1.807) is 0 Å². The largest absolute Gasteiger partial charge is 0.310 e. The van der Waals surface area contributed by atoms with Gasteiger partial charge in [0.1, 0.15) is 0 Å². The highest BCUT2D eigenvalue weighted by Gasteiger charge is 2.22. The summed E-state index contributed by atoms with van der Waals surface area (Å²) in [7, 11) is 0. The molecule has 0 bridgehead atoms. The molecule has 300 valence electrons. The first kappa shape index (κ1) is 37.3. The number of anilines is 3. The third-order valence-corrected chi connectivity index (χ3v) is 12.7. The van der Waals surface area contributed by atoms with Crippen LogP contribution in [0.5, 0.6) is 0 Å². The summed E-state index contributed by atoms with van der Waals surface area (Å²) in [5, 5.41) is 7.41. The molecule has 1 aromatic heterocycles. The molecule has 0 spiro atoms. The maximum absolute atomic E-state index is 2.44. The quantitative estimate of drug-likeness (QED) is 0.148. The summed E-state index contributed by atoms with van der Waals surface area (Å²) < 4.78 is 2.43. The van der Waals surface area contributed by atoms with Gasteiger partial charge in [0, 0.05) is 33.5 Å². The van der Waals surface area contributed by atoms with E-state index in [1.165, 1.54) is 71.2 Å². The number of fused-ring (bicyclic) bond motifs is 5. The molecule has 0 unspecified atom stereocenters. The molecule has 0 aliphatic heterocycles. The lowest BCUT2D eigenvalue weighted by Crippen LogP contribution is -2.10. The van der Waals surface area contributed by atoms with Crippen molar-refractivity contribution < 1.29 is 0 Å². The molecular formula is C62H42N2. The van der Waals surface area contributed by atoms with Gasteiger partial charge in [0.25, 0.3) is 0 Å². The number of hydrogen-bond acceptors (Lipinski definition) is 1. The van der Waals surface area contributed by atoms with Crippen molar-refractivity contribution in [2.45, 2.75) is 0 Å². The van der Waals surface area contributed by atoms with Gasteiger partial charge in [0.15, 0.2) is 0 Å². The number of aromatic nitrogens is 1. The molecular weight excluding hydrogens is 773 g/mol. The Bertz CT molecular complexity index is 3580. The zero-order chi connectivity index (χ0) is 42.4. The van der Waals surface area contributed by atoms with Crippen molar-refractivity contribution in [2.75, 3.05) is 4.90 Å². The second-order valence-electron chi connectivity index (χ2n) is 16.5. The van der Waals surface area contributed by atoms with Crippen LogP contribution in [0.4, 0.5) is 17.1 Å². The summed E-state index contributed by atoms with van der Waals surface area (Å²) in [6.45, 7) is 0.